The first-order valence-electron chi connectivity index (χ1n) is 9.17. The second-order valence-electron chi connectivity index (χ2n) is 6.70. The van der Waals surface area contributed by atoms with Gasteiger partial charge in [0.15, 0.2) is 0 Å². The van der Waals surface area contributed by atoms with Crippen molar-refractivity contribution in [2.75, 3.05) is 0 Å². The van der Waals surface area contributed by atoms with Crippen molar-refractivity contribution in [3.05, 3.63) is 75.6 Å². The fourth-order valence-corrected chi connectivity index (χ4v) is 4.06. The number of benzene rings is 1. The van der Waals surface area contributed by atoms with E-state index in [4.69, 9.17) is 11.6 Å². The number of fused-ring (bicyclic) bond motifs is 1. The summed E-state index contributed by atoms with van der Waals surface area (Å²) in [6, 6.07) is 12.7. The largest absolute Gasteiger partial charge is 0.842 e. The maximum absolute atomic E-state index is 13.5. The molecule has 0 saturated heterocycles. The highest BCUT2D eigenvalue weighted by molar-refractivity contribution is 6.29. The maximum Gasteiger partial charge on any atom is 0.345 e. The number of hydrogen-bond acceptors (Lipinski definition) is 3. The average Bonchev–Trinajstić information content (AvgIpc) is 2.69. The highest BCUT2D eigenvalue weighted by Gasteiger charge is 2.34. The Kier molecular flexibility index (Phi) is 4.70. The molecule has 3 heterocycles. The zero-order chi connectivity index (χ0) is 19.0. The summed E-state index contributed by atoms with van der Waals surface area (Å²) in [4.78, 5) is 17.6. The first-order valence-corrected chi connectivity index (χ1v) is 9.54. The Labute approximate surface area is 162 Å². The maximum atomic E-state index is 13.5. The van der Waals surface area contributed by atoms with E-state index in [0.29, 0.717) is 23.7 Å². The van der Waals surface area contributed by atoms with Gasteiger partial charge in [-0.3, -0.25) is 0 Å². The fraction of sp³-hybridized carbons (Fsp3) is 0.286. The minimum Gasteiger partial charge on any atom is -0.842 e. The summed E-state index contributed by atoms with van der Waals surface area (Å²) < 4.78 is 3.53. The molecule has 1 aliphatic heterocycles. The predicted octanol–water partition coefficient (Wildman–Crippen LogP) is 2.87. The van der Waals surface area contributed by atoms with E-state index < -0.39 is 0 Å². The highest BCUT2D eigenvalue weighted by atomic mass is 35.5. The average molecular weight is 382 g/mol. The van der Waals surface area contributed by atoms with Gasteiger partial charge >= 0.3 is 5.56 Å². The van der Waals surface area contributed by atoms with Gasteiger partial charge in [-0.15, -0.1) is 0 Å². The zero-order valence-corrected chi connectivity index (χ0v) is 15.8. The van der Waals surface area contributed by atoms with Crippen molar-refractivity contribution in [1.29, 1.82) is 0 Å². The van der Waals surface area contributed by atoms with Crippen LogP contribution in [0.1, 0.15) is 37.2 Å². The van der Waals surface area contributed by atoms with Gasteiger partial charge in [-0.2, -0.15) is 4.57 Å². The lowest BCUT2D eigenvalue weighted by Gasteiger charge is -2.27. The van der Waals surface area contributed by atoms with Crippen LogP contribution in [0.5, 0.6) is 5.88 Å². The molecular formula is C21H20ClN3O2. The number of hydrogen-bond donors (Lipinski definition) is 0. The summed E-state index contributed by atoms with van der Waals surface area (Å²) in [5.41, 5.74) is 1.59. The Hall–Kier alpha value is -2.66. The van der Waals surface area contributed by atoms with E-state index in [9.17, 15) is 9.90 Å². The number of halogens is 1. The summed E-state index contributed by atoms with van der Waals surface area (Å²) in [5, 5.41) is 13.5. The Balaban J connectivity index is 2.00. The molecule has 1 aromatic carbocycles. The summed E-state index contributed by atoms with van der Waals surface area (Å²) in [7, 11) is 0. The minimum atomic E-state index is -0.231. The van der Waals surface area contributed by atoms with E-state index in [-0.39, 0.29) is 23.0 Å². The molecule has 2 aromatic heterocycles. The first kappa shape index (κ1) is 17.7. The third-order valence-electron chi connectivity index (χ3n) is 5.18. The van der Waals surface area contributed by atoms with Crippen molar-refractivity contribution in [3.63, 3.8) is 0 Å². The SMILES string of the molecule is CC[n+]1c([O-])c(-c2ccccc2)c(=O)n2c1CCCC2c1ccc(Cl)nc1. The van der Waals surface area contributed by atoms with Crippen LogP contribution in [0.3, 0.4) is 0 Å². The third-order valence-corrected chi connectivity index (χ3v) is 5.41. The second kappa shape index (κ2) is 7.16. The molecule has 0 aliphatic carbocycles. The molecule has 0 radical (unpaired) electrons. The van der Waals surface area contributed by atoms with Crippen LogP contribution >= 0.6 is 11.6 Å². The van der Waals surface area contributed by atoms with Gasteiger partial charge in [-0.05, 0) is 31.4 Å². The summed E-state index contributed by atoms with van der Waals surface area (Å²) >= 11 is 5.93. The van der Waals surface area contributed by atoms with Gasteiger partial charge in [0.05, 0.1) is 12.4 Å². The van der Waals surface area contributed by atoms with E-state index >= 15 is 0 Å². The van der Waals surface area contributed by atoms with Crippen LogP contribution in [-0.2, 0) is 13.0 Å². The van der Waals surface area contributed by atoms with E-state index in [0.717, 1.165) is 24.2 Å². The van der Waals surface area contributed by atoms with Crippen molar-refractivity contribution < 1.29 is 9.67 Å². The molecule has 0 amide bonds. The Bertz CT molecular complexity index is 1030. The quantitative estimate of drug-likeness (QED) is 0.517. The molecular weight excluding hydrogens is 362 g/mol. The summed E-state index contributed by atoms with van der Waals surface area (Å²) in [5.74, 6) is 0.577. The molecule has 0 N–H and O–H groups in total. The van der Waals surface area contributed by atoms with Crippen LogP contribution in [0, 0.1) is 0 Å². The standard InChI is InChI=1S/C21H20ClN3O2/c1-2-24-18-10-6-9-16(15-11-12-17(22)23-13-15)25(18)21(27)19(20(24)26)14-7-4-3-5-8-14/h3-5,7-8,11-13,16H,2,6,9-10H2,1H3. The molecule has 0 bridgehead atoms. The Morgan fingerprint density at radius 2 is 2.04 bits per heavy atom. The molecule has 0 saturated carbocycles. The van der Waals surface area contributed by atoms with Gasteiger partial charge in [0.1, 0.15) is 16.8 Å². The lowest BCUT2D eigenvalue weighted by atomic mass is 9.96. The van der Waals surface area contributed by atoms with E-state index in [1.54, 1.807) is 21.4 Å². The van der Waals surface area contributed by atoms with Crippen molar-refractivity contribution in [2.24, 2.45) is 0 Å². The number of aromatic nitrogens is 3. The molecule has 1 unspecified atom stereocenters. The molecule has 1 aliphatic rings. The summed E-state index contributed by atoms with van der Waals surface area (Å²) in [6.07, 6.45) is 4.17. The number of rotatable bonds is 3. The predicted molar refractivity (Wildman–Crippen MR) is 102 cm³/mol. The van der Waals surface area contributed by atoms with E-state index in [1.807, 2.05) is 43.3 Å². The molecule has 27 heavy (non-hydrogen) atoms. The molecule has 6 heteroatoms. The molecule has 0 spiro atoms. The van der Waals surface area contributed by atoms with Gasteiger partial charge < -0.3 is 5.11 Å². The van der Waals surface area contributed by atoms with E-state index in [2.05, 4.69) is 4.98 Å². The number of nitrogens with zero attached hydrogens (tertiary/aromatic N) is 3. The Morgan fingerprint density at radius 1 is 1.26 bits per heavy atom. The lowest BCUT2D eigenvalue weighted by molar-refractivity contribution is -0.742. The van der Waals surface area contributed by atoms with Crippen LogP contribution in [0.2, 0.25) is 5.15 Å². The second-order valence-corrected chi connectivity index (χ2v) is 7.09. The van der Waals surface area contributed by atoms with Crippen LogP contribution in [0.25, 0.3) is 11.1 Å². The van der Waals surface area contributed by atoms with Crippen LogP contribution in [0.4, 0.5) is 0 Å². The topological polar surface area (TPSA) is 61.8 Å². The van der Waals surface area contributed by atoms with Crippen molar-refractivity contribution in [1.82, 2.24) is 9.55 Å². The third kappa shape index (κ3) is 3.02. The Morgan fingerprint density at radius 3 is 2.70 bits per heavy atom. The minimum absolute atomic E-state index is 0.146. The smallest absolute Gasteiger partial charge is 0.345 e. The first-order chi connectivity index (χ1) is 13.1. The van der Waals surface area contributed by atoms with E-state index in [1.165, 1.54) is 0 Å². The molecule has 1 atom stereocenters. The molecule has 5 nitrogen and oxygen atoms in total. The van der Waals surface area contributed by atoms with Crippen molar-refractivity contribution in [3.8, 4) is 17.0 Å². The van der Waals surface area contributed by atoms with Crippen molar-refractivity contribution >= 4 is 11.6 Å². The summed E-state index contributed by atoms with van der Waals surface area (Å²) in [6.45, 7) is 2.47. The van der Waals surface area contributed by atoms with Gasteiger partial charge in [-0.1, -0.05) is 48.0 Å². The molecule has 3 aromatic rings. The molecule has 138 valence electrons. The monoisotopic (exact) mass is 381 g/mol. The zero-order valence-electron chi connectivity index (χ0n) is 15.1. The van der Waals surface area contributed by atoms with Crippen LogP contribution in [0.15, 0.2) is 53.5 Å². The lowest BCUT2D eigenvalue weighted by Crippen LogP contribution is -2.51. The van der Waals surface area contributed by atoms with Crippen LogP contribution in [-0.4, -0.2) is 9.55 Å². The molecule has 0 fully saturated rings. The highest BCUT2D eigenvalue weighted by Crippen LogP contribution is 2.31. The van der Waals surface area contributed by atoms with Gasteiger partial charge in [0, 0.05) is 18.2 Å². The van der Waals surface area contributed by atoms with Gasteiger partial charge in [0.2, 0.25) is 0 Å². The normalized spacial score (nSPS) is 16.1. The van der Waals surface area contributed by atoms with Gasteiger partial charge in [0.25, 0.3) is 5.82 Å². The van der Waals surface area contributed by atoms with Gasteiger partial charge in [-0.25, -0.2) is 14.3 Å². The van der Waals surface area contributed by atoms with Crippen molar-refractivity contribution in [2.45, 2.75) is 38.8 Å². The number of pyridine rings is 1. The van der Waals surface area contributed by atoms with Crippen LogP contribution < -0.4 is 15.2 Å². The fourth-order valence-electron chi connectivity index (χ4n) is 3.95. The molecule has 4 rings (SSSR count).